The van der Waals surface area contributed by atoms with Crippen LogP contribution in [0, 0.1) is 0 Å². The molecule has 7 heteroatoms. The third-order valence-corrected chi connectivity index (χ3v) is 1.26. The van der Waals surface area contributed by atoms with E-state index < -0.39 is 12.0 Å². The van der Waals surface area contributed by atoms with Crippen molar-refractivity contribution in [2.45, 2.75) is 18.9 Å². The minimum atomic E-state index is -0.730. The van der Waals surface area contributed by atoms with Gasteiger partial charge in [0.15, 0.2) is 0 Å². The number of nitrogens with two attached hydrogens (primary N) is 4. The summed E-state index contributed by atoms with van der Waals surface area (Å²) in [6.07, 6.45) is 1.10. The van der Waals surface area contributed by atoms with Gasteiger partial charge >= 0.3 is 5.97 Å². The fourth-order valence-electron chi connectivity index (χ4n) is 0.621. The van der Waals surface area contributed by atoms with Crippen LogP contribution in [0.25, 0.3) is 0 Å². The van der Waals surface area contributed by atoms with E-state index in [2.05, 4.69) is 9.99 Å². The van der Waals surface area contributed by atoms with Crippen LogP contribution in [0.2, 0.25) is 0 Å². The quantitative estimate of drug-likeness (QED) is 0.167. The topological polar surface area (TPSA) is 143 Å². The van der Waals surface area contributed by atoms with E-state index in [1.54, 1.807) is 0 Å². The van der Waals surface area contributed by atoms with Gasteiger partial charge in [0.05, 0.1) is 0 Å². The van der Waals surface area contributed by atoms with Crippen LogP contribution in [0.15, 0.2) is 5.16 Å². The zero-order chi connectivity index (χ0) is 10.3. The Hall–Kier alpha value is -1.34. The minimum absolute atomic E-state index is 0.320. The first-order chi connectivity index (χ1) is 6.07. The molecule has 0 rings (SSSR count). The molecule has 1 atom stereocenters. The molecular formula is C6H15N5O2. The van der Waals surface area contributed by atoms with Crippen LogP contribution in [-0.2, 0) is 9.63 Å². The summed E-state index contributed by atoms with van der Waals surface area (Å²) in [5, 5.41) is 3.07. The van der Waals surface area contributed by atoms with Crippen LogP contribution < -0.4 is 22.9 Å². The smallest absolute Gasteiger partial charge is 0.351 e. The summed E-state index contributed by atoms with van der Waals surface area (Å²) in [6, 6.07) is -0.730. The average molecular weight is 189 g/mol. The summed E-state index contributed by atoms with van der Waals surface area (Å²) < 4.78 is 0. The Morgan fingerprint density at radius 3 is 2.54 bits per heavy atom. The molecule has 13 heavy (non-hydrogen) atoms. The number of carbonyl (C=O) groups excluding carboxylic acids is 1. The predicted molar refractivity (Wildman–Crippen MR) is 48.2 cm³/mol. The molecule has 8 N–H and O–H groups in total. The number of guanidine groups is 1. The van der Waals surface area contributed by atoms with Crippen LogP contribution in [0.3, 0.4) is 0 Å². The second kappa shape index (κ2) is 6.21. The summed E-state index contributed by atoms with van der Waals surface area (Å²) in [4.78, 5) is 15.2. The Bertz CT molecular complexity index is 189. The van der Waals surface area contributed by atoms with Crippen molar-refractivity contribution in [1.29, 1.82) is 0 Å². The first-order valence-corrected chi connectivity index (χ1v) is 3.83. The maximum absolute atomic E-state index is 10.9. The van der Waals surface area contributed by atoms with Crippen LogP contribution in [-0.4, -0.2) is 24.5 Å². The molecule has 0 aliphatic heterocycles. The van der Waals surface area contributed by atoms with E-state index >= 15 is 0 Å². The molecule has 0 fully saturated rings. The third-order valence-electron chi connectivity index (χ3n) is 1.26. The van der Waals surface area contributed by atoms with Crippen molar-refractivity contribution >= 4 is 11.9 Å². The van der Waals surface area contributed by atoms with E-state index in [9.17, 15) is 4.79 Å². The molecule has 0 saturated carbocycles. The maximum Gasteiger partial charge on any atom is 0.351 e. The Morgan fingerprint density at radius 1 is 1.46 bits per heavy atom. The Kier molecular flexibility index (Phi) is 5.57. The van der Waals surface area contributed by atoms with E-state index in [4.69, 9.17) is 22.9 Å². The molecule has 0 saturated heterocycles. The predicted octanol–water partition coefficient (Wildman–Crippen LogP) is -2.22. The van der Waals surface area contributed by atoms with Crippen molar-refractivity contribution in [2.75, 3.05) is 6.54 Å². The van der Waals surface area contributed by atoms with Crippen molar-refractivity contribution in [2.24, 2.45) is 28.1 Å². The molecule has 0 aromatic carbocycles. The van der Waals surface area contributed by atoms with Gasteiger partial charge in [-0.1, -0.05) is 0 Å². The molecule has 76 valence electrons. The lowest BCUT2D eigenvalue weighted by Gasteiger charge is -2.06. The maximum atomic E-state index is 10.9. The average Bonchev–Trinajstić information content (AvgIpc) is 2.10. The second-order valence-electron chi connectivity index (χ2n) is 2.46. The van der Waals surface area contributed by atoms with Crippen molar-refractivity contribution < 1.29 is 9.63 Å². The molecule has 0 spiro atoms. The summed E-state index contributed by atoms with van der Waals surface area (Å²) in [5.41, 5.74) is 20.5. The zero-order valence-corrected chi connectivity index (χ0v) is 7.27. The highest BCUT2D eigenvalue weighted by Crippen LogP contribution is 1.95. The van der Waals surface area contributed by atoms with Gasteiger partial charge in [-0.25, -0.2) is 4.79 Å². The zero-order valence-electron chi connectivity index (χ0n) is 7.27. The van der Waals surface area contributed by atoms with E-state index in [0.717, 1.165) is 0 Å². The molecule has 0 aliphatic carbocycles. The Morgan fingerprint density at radius 2 is 2.08 bits per heavy atom. The van der Waals surface area contributed by atoms with Gasteiger partial charge in [-0.2, -0.15) is 0 Å². The number of hydrogen-bond donors (Lipinski definition) is 4. The molecule has 0 aliphatic rings. The van der Waals surface area contributed by atoms with Gasteiger partial charge in [0, 0.05) is 0 Å². The van der Waals surface area contributed by atoms with Gasteiger partial charge in [0.2, 0.25) is 5.96 Å². The highest BCUT2D eigenvalue weighted by atomic mass is 16.7. The fourth-order valence-corrected chi connectivity index (χ4v) is 0.621. The highest BCUT2D eigenvalue weighted by Gasteiger charge is 2.14. The fraction of sp³-hybridized carbons (Fsp3) is 0.667. The van der Waals surface area contributed by atoms with Crippen LogP contribution in [0.1, 0.15) is 12.8 Å². The van der Waals surface area contributed by atoms with Gasteiger partial charge in [0.1, 0.15) is 6.04 Å². The van der Waals surface area contributed by atoms with Crippen molar-refractivity contribution in [3.8, 4) is 0 Å². The normalized spacial score (nSPS) is 11.8. The molecule has 0 aromatic heterocycles. The van der Waals surface area contributed by atoms with Gasteiger partial charge in [-0.3, -0.25) is 0 Å². The second-order valence-corrected chi connectivity index (χ2v) is 2.46. The van der Waals surface area contributed by atoms with Gasteiger partial charge in [-0.15, -0.1) is 0 Å². The molecule has 0 unspecified atom stereocenters. The summed E-state index contributed by atoms with van der Waals surface area (Å²) >= 11 is 0. The van der Waals surface area contributed by atoms with E-state index in [1.165, 1.54) is 0 Å². The highest BCUT2D eigenvalue weighted by molar-refractivity contribution is 5.79. The summed E-state index contributed by atoms with van der Waals surface area (Å²) in [5.74, 6) is -0.985. The Labute approximate surface area is 76.0 Å². The van der Waals surface area contributed by atoms with Gasteiger partial charge in [0.25, 0.3) is 0 Å². The summed E-state index contributed by atoms with van der Waals surface area (Å²) in [7, 11) is 0. The van der Waals surface area contributed by atoms with Crippen LogP contribution in [0.4, 0.5) is 0 Å². The monoisotopic (exact) mass is 189 g/mol. The molecule has 0 amide bonds. The summed E-state index contributed by atoms with van der Waals surface area (Å²) in [6.45, 7) is 0.475. The molecule has 0 bridgehead atoms. The van der Waals surface area contributed by atoms with Crippen molar-refractivity contribution in [3.05, 3.63) is 0 Å². The van der Waals surface area contributed by atoms with E-state index in [1.807, 2.05) is 0 Å². The number of nitrogens with zero attached hydrogens (tertiary/aromatic N) is 1. The van der Waals surface area contributed by atoms with Gasteiger partial charge < -0.3 is 27.8 Å². The van der Waals surface area contributed by atoms with Crippen molar-refractivity contribution in [3.63, 3.8) is 0 Å². The number of hydrogen-bond acceptors (Lipinski definition) is 5. The lowest BCUT2D eigenvalue weighted by Crippen LogP contribution is -2.33. The van der Waals surface area contributed by atoms with Gasteiger partial charge in [-0.05, 0) is 24.5 Å². The number of rotatable bonds is 5. The van der Waals surface area contributed by atoms with E-state index in [0.29, 0.717) is 19.4 Å². The molecule has 0 heterocycles. The number of carbonyl (C=O) groups is 1. The van der Waals surface area contributed by atoms with Crippen LogP contribution in [0.5, 0.6) is 0 Å². The standard InChI is InChI=1S/C6H15N5O2/c7-3-1-2-4(8)5(12)13-11-6(9)10/h4H,1-3,7-8H2,(H4,9,10,11)/t4-/m1/s1. The lowest BCUT2D eigenvalue weighted by molar-refractivity contribution is -0.145. The molecular weight excluding hydrogens is 174 g/mol. The first kappa shape index (κ1) is 11.7. The molecule has 0 radical (unpaired) electrons. The molecule has 0 aromatic rings. The Balaban J connectivity index is 3.76. The number of oxime groups is 1. The largest absolute Gasteiger partial charge is 0.367 e. The minimum Gasteiger partial charge on any atom is -0.367 e. The molecule has 7 nitrogen and oxygen atoms in total. The van der Waals surface area contributed by atoms with Crippen molar-refractivity contribution in [1.82, 2.24) is 0 Å². The SMILES string of the molecule is NCCC[C@@H](N)C(=O)ON=C(N)N. The lowest BCUT2D eigenvalue weighted by atomic mass is 10.2. The first-order valence-electron chi connectivity index (χ1n) is 3.83. The third kappa shape index (κ3) is 5.88. The van der Waals surface area contributed by atoms with Crippen LogP contribution >= 0.6 is 0 Å². The van der Waals surface area contributed by atoms with E-state index in [-0.39, 0.29) is 5.96 Å².